The fourth-order valence-electron chi connectivity index (χ4n) is 1.85. The van der Waals surface area contributed by atoms with Crippen LogP contribution in [0.1, 0.15) is 11.5 Å². The lowest BCUT2D eigenvalue weighted by atomic mass is 10.2. The third kappa shape index (κ3) is 3.12. The van der Waals surface area contributed by atoms with Crippen LogP contribution in [0.5, 0.6) is 5.75 Å². The van der Waals surface area contributed by atoms with E-state index in [9.17, 15) is 5.11 Å². The highest BCUT2D eigenvalue weighted by Gasteiger charge is 2.11. The van der Waals surface area contributed by atoms with Crippen LogP contribution in [-0.2, 0) is 0 Å². The van der Waals surface area contributed by atoms with Crippen LogP contribution in [-0.4, -0.2) is 15.2 Å². The van der Waals surface area contributed by atoms with E-state index in [2.05, 4.69) is 10.1 Å². The topological polar surface area (TPSA) is 59.2 Å². The van der Waals surface area contributed by atoms with Gasteiger partial charge in [0.1, 0.15) is 10.8 Å². The lowest BCUT2D eigenvalue weighted by Gasteiger charge is -1.95. The van der Waals surface area contributed by atoms with Crippen LogP contribution in [0.4, 0.5) is 0 Å². The summed E-state index contributed by atoms with van der Waals surface area (Å²) in [5.41, 5.74) is 1.61. The van der Waals surface area contributed by atoms with E-state index in [4.69, 9.17) is 16.1 Å². The number of halogens is 1. The number of aromatic hydroxyl groups is 1. The molecule has 0 bridgehead atoms. The first-order valence-electron chi connectivity index (χ1n) is 6.28. The minimum Gasteiger partial charge on any atom is -0.508 e. The Hall–Kier alpha value is -2.59. The van der Waals surface area contributed by atoms with Crippen LogP contribution >= 0.6 is 11.6 Å². The third-order valence-corrected chi connectivity index (χ3v) is 3.10. The van der Waals surface area contributed by atoms with Gasteiger partial charge in [0.25, 0.3) is 5.89 Å². The summed E-state index contributed by atoms with van der Waals surface area (Å²) in [5, 5.41) is 13.6. The number of hydrogen-bond acceptors (Lipinski definition) is 4. The summed E-state index contributed by atoms with van der Waals surface area (Å²) in [4.78, 5) is 4.26. The number of hydrogen-bond donors (Lipinski definition) is 1. The highest BCUT2D eigenvalue weighted by Crippen LogP contribution is 2.24. The average molecular weight is 299 g/mol. The number of nitrogens with zero attached hydrogens (tertiary/aromatic N) is 2. The second kappa shape index (κ2) is 5.81. The van der Waals surface area contributed by atoms with Crippen LogP contribution in [0.15, 0.2) is 59.1 Å². The zero-order valence-corrected chi connectivity index (χ0v) is 11.7. The summed E-state index contributed by atoms with van der Waals surface area (Å²) in [5.74, 6) is 0.885. The Morgan fingerprint density at radius 3 is 2.67 bits per heavy atom. The summed E-state index contributed by atoms with van der Waals surface area (Å²) < 4.78 is 5.16. The molecule has 1 N–H and O–H groups in total. The SMILES string of the molecule is Oc1cccc(/C=C(\Cl)c2nc(-c3ccccc3)no2)c1. The molecule has 0 radical (unpaired) electrons. The number of phenols is 1. The standard InChI is InChI=1S/C16H11ClN2O2/c17-14(10-11-5-4-8-13(20)9-11)16-18-15(19-21-16)12-6-2-1-3-7-12/h1-10,20H/b14-10-. The molecular formula is C16H11ClN2O2. The van der Waals surface area contributed by atoms with Gasteiger partial charge in [-0.15, -0.1) is 0 Å². The Balaban J connectivity index is 1.89. The molecule has 0 amide bonds. The lowest BCUT2D eigenvalue weighted by Crippen LogP contribution is -1.81. The maximum atomic E-state index is 9.43. The first-order chi connectivity index (χ1) is 10.2. The molecule has 0 spiro atoms. The highest BCUT2D eigenvalue weighted by atomic mass is 35.5. The van der Waals surface area contributed by atoms with Crippen molar-refractivity contribution in [3.05, 3.63) is 66.1 Å². The first-order valence-corrected chi connectivity index (χ1v) is 6.66. The number of aromatic nitrogens is 2. The van der Waals surface area contributed by atoms with Gasteiger partial charge in [-0.05, 0) is 23.8 Å². The summed E-state index contributed by atoms with van der Waals surface area (Å²) in [6.07, 6.45) is 1.66. The Kier molecular flexibility index (Phi) is 3.71. The van der Waals surface area contributed by atoms with Crippen LogP contribution in [0.25, 0.3) is 22.5 Å². The molecule has 3 aromatic rings. The molecule has 0 fully saturated rings. The van der Waals surface area contributed by atoms with Crippen molar-refractivity contribution in [1.82, 2.24) is 10.1 Å². The predicted octanol–water partition coefficient (Wildman–Crippen LogP) is 4.18. The summed E-state index contributed by atoms with van der Waals surface area (Å²) in [6, 6.07) is 16.2. The van der Waals surface area contributed by atoms with Crippen molar-refractivity contribution in [3.63, 3.8) is 0 Å². The molecule has 2 aromatic carbocycles. The number of benzene rings is 2. The van der Waals surface area contributed by atoms with Gasteiger partial charge in [-0.1, -0.05) is 59.2 Å². The van der Waals surface area contributed by atoms with Crippen LogP contribution in [0.3, 0.4) is 0 Å². The molecular weight excluding hydrogens is 288 g/mol. The largest absolute Gasteiger partial charge is 0.508 e. The molecule has 5 heteroatoms. The van der Waals surface area contributed by atoms with Crippen LogP contribution in [0.2, 0.25) is 0 Å². The maximum absolute atomic E-state index is 9.43. The molecule has 4 nitrogen and oxygen atoms in total. The van der Waals surface area contributed by atoms with Crippen LogP contribution in [0, 0.1) is 0 Å². The molecule has 0 unspecified atom stereocenters. The van der Waals surface area contributed by atoms with E-state index in [0.29, 0.717) is 10.9 Å². The van der Waals surface area contributed by atoms with Gasteiger partial charge >= 0.3 is 0 Å². The third-order valence-electron chi connectivity index (χ3n) is 2.83. The summed E-state index contributed by atoms with van der Waals surface area (Å²) >= 11 is 6.18. The Morgan fingerprint density at radius 2 is 1.90 bits per heavy atom. The molecule has 1 aromatic heterocycles. The van der Waals surface area contributed by atoms with Crippen molar-refractivity contribution >= 4 is 22.7 Å². The van der Waals surface area contributed by atoms with Crippen molar-refractivity contribution in [1.29, 1.82) is 0 Å². The Bertz CT molecular complexity index is 782. The molecule has 0 aliphatic carbocycles. The Morgan fingerprint density at radius 1 is 1.10 bits per heavy atom. The van der Waals surface area contributed by atoms with Gasteiger partial charge < -0.3 is 9.63 Å². The van der Waals surface area contributed by atoms with Gasteiger partial charge in [0.2, 0.25) is 5.82 Å². The van der Waals surface area contributed by atoms with Gasteiger partial charge in [0.05, 0.1) is 0 Å². The molecule has 0 saturated carbocycles. The molecule has 0 atom stereocenters. The van der Waals surface area contributed by atoms with Crippen molar-refractivity contribution in [2.75, 3.05) is 0 Å². The van der Waals surface area contributed by atoms with Gasteiger partial charge in [-0.25, -0.2) is 0 Å². The maximum Gasteiger partial charge on any atom is 0.269 e. The molecule has 0 aliphatic heterocycles. The predicted molar refractivity (Wildman–Crippen MR) is 81.6 cm³/mol. The summed E-state index contributed by atoms with van der Waals surface area (Å²) in [7, 11) is 0. The van der Waals surface area contributed by atoms with Gasteiger partial charge in [0.15, 0.2) is 0 Å². The van der Waals surface area contributed by atoms with Gasteiger partial charge in [-0.2, -0.15) is 4.98 Å². The highest BCUT2D eigenvalue weighted by molar-refractivity contribution is 6.50. The molecule has 3 rings (SSSR count). The van der Waals surface area contributed by atoms with E-state index in [-0.39, 0.29) is 11.6 Å². The van der Waals surface area contributed by atoms with E-state index in [1.54, 1.807) is 24.3 Å². The summed E-state index contributed by atoms with van der Waals surface area (Å²) in [6.45, 7) is 0. The normalized spacial score (nSPS) is 11.6. The number of rotatable bonds is 3. The van der Waals surface area contributed by atoms with E-state index >= 15 is 0 Å². The van der Waals surface area contributed by atoms with Crippen molar-refractivity contribution in [3.8, 4) is 17.1 Å². The zero-order chi connectivity index (χ0) is 14.7. The minimum atomic E-state index is 0.170. The van der Waals surface area contributed by atoms with Crippen molar-refractivity contribution in [2.45, 2.75) is 0 Å². The fourth-order valence-corrected chi connectivity index (χ4v) is 2.05. The molecule has 0 saturated heterocycles. The second-order valence-electron chi connectivity index (χ2n) is 4.38. The van der Waals surface area contributed by atoms with E-state index in [1.807, 2.05) is 36.4 Å². The monoisotopic (exact) mass is 298 g/mol. The molecule has 1 heterocycles. The van der Waals surface area contributed by atoms with E-state index in [0.717, 1.165) is 11.1 Å². The second-order valence-corrected chi connectivity index (χ2v) is 4.78. The molecule has 0 aliphatic rings. The molecule has 21 heavy (non-hydrogen) atoms. The first kappa shape index (κ1) is 13.4. The van der Waals surface area contributed by atoms with E-state index < -0.39 is 0 Å². The lowest BCUT2D eigenvalue weighted by molar-refractivity contribution is 0.410. The van der Waals surface area contributed by atoms with Crippen LogP contribution < -0.4 is 0 Å². The number of phenolic OH excluding ortho intramolecular Hbond substituents is 1. The molecule has 104 valence electrons. The van der Waals surface area contributed by atoms with Gasteiger partial charge in [-0.3, -0.25) is 0 Å². The smallest absolute Gasteiger partial charge is 0.269 e. The quantitative estimate of drug-likeness (QED) is 0.788. The fraction of sp³-hybridized carbons (Fsp3) is 0. The van der Waals surface area contributed by atoms with Crippen molar-refractivity contribution < 1.29 is 9.63 Å². The zero-order valence-electron chi connectivity index (χ0n) is 10.9. The Labute approximate surface area is 126 Å². The minimum absolute atomic E-state index is 0.170. The average Bonchev–Trinajstić information content (AvgIpc) is 2.98. The van der Waals surface area contributed by atoms with Crippen molar-refractivity contribution in [2.24, 2.45) is 0 Å². The van der Waals surface area contributed by atoms with Gasteiger partial charge in [0, 0.05) is 5.56 Å². The van der Waals surface area contributed by atoms with E-state index in [1.165, 1.54) is 0 Å².